The van der Waals surface area contributed by atoms with Gasteiger partial charge in [-0.25, -0.2) is 9.67 Å². The Labute approximate surface area is 169 Å². The van der Waals surface area contributed by atoms with Crippen molar-refractivity contribution in [2.75, 3.05) is 33.3 Å². The molecule has 8 heteroatoms. The lowest BCUT2D eigenvalue weighted by Gasteiger charge is -2.36. The van der Waals surface area contributed by atoms with Crippen molar-refractivity contribution in [1.82, 2.24) is 29.5 Å². The van der Waals surface area contributed by atoms with E-state index in [-0.39, 0.29) is 12.2 Å². The molecule has 0 unspecified atom stereocenters. The third-order valence-electron chi connectivity index (χ3n) is 5.71. The molecule has 2 aromatic heterocycles. The third-order valence-corrected chi connectivity index (χ3v) is 5.71. The van der Waals surface area contributed by atoms with Gasteiger partial charge in [0.1, 0.15) is 11.2 Å². The van der Waals surface area contributed by atoms with Crippen LogP contribution >= 0.6 is 0 Å². The normalized spacial score (nSPS) is 16.1. The van der Waals surface area contributed by atoms with Gasteiger partial charge in [0.2, 0.25) is 0 Å². The van der Waals surface area contributed by atoms with Crippen LogP contribution in [0.15, 0.2) is 41.3 Å². The quantitative estimate of drug-likeness (QED) is 0.627. The molecule has 2 N–H and O–H groups in total. The predicted octanol–water partition coefficient (Wildman–Crippen LogP) is 1.39. The van der Waals surface area contributed by atoms with Crippen LogP contribution in [0, 0.1) is 0 Å². The Morgan fingerprint density at radius 2 is 2.00 bits per heavy atom. The third kappa shape index (κ3) is 4.39. The van der Waals surface area contributed by atoms with Crippen molar-refractivity contribution in [3.63, 3.8) is 0 Å². The zero-order valence-electron chi connectivity index (χ0n) is 16.8. The van der Waals surface area contributed by atoms with Crippen molar-refractivity contribution >= 4 is 11.0 Å². The van der Waals surface area contributed by atoms with Crippen molar-refractivity contribution in [3.05, 3.63) is 52.7 Å². The van der Waals surface area contributed by atoms with Crippen LogP contribution in [0.25, 0.3) is 16.7 Å². The highest BCUT2D eigenvalue weighted by Gasteiger charge is 2.23. The Kier molecular flexibility index (Phi) is 6.03. The van der Waals surface area contributed by atoms with Gasteiger partial charge in [0.05, 0.1) is 18.4 Å². The average Bonchev–Trinajstić information content (AvgIpc) is 3.18. The van der Waals surface area contributed by atoms with Gasteiger partial charge in [0.15, 0.2) is 5.65 Å². The van der Waals surface area contributed by atoms with E-state index in [9.17, 15) is 4.79 Å². The molecule has 0 atom stereocenters. The van der Waals surface area contributed by atoms with Gasteiger partial charge >= 0.3 is 0 Å². The predicted molar refractivity (Wildman–Crippen MR) is 112 cm³/mol. The van der Waals surface area contributed by atoms with Gasteiger partial charge in [0, 0.05) is 32.3 Å². The lowest BCUT2D eigenvalue weighted by molar-refractivity contribution is 0.116. The summed E-state index contributed by atoms with van der Waals surface area (Å²) in [6.45, 7) is 3.72. The number of aliphatic hydroxyl groups excluding tert-OH is 1. The maximum absolute atomic E-state index is 12.5. The molecular formula is C21H28N6O2. The molecule has 0 radical (unpaired) electrons. The molecule has 0 aliphatic carbocycles. The summed E-state index contributed by atoms with van der Waals surface area (Å²) in [5, 5.41) is 13.9. The van der Waals surface area contributed by atoms with Crippen LogP contribution in [0.2, 0.25) is 0 Å². The number of fused-ring (bicyclic) bond motifs is 1. The smallest absolute Gasteiger partial charge is 0.262 e. The van der Waals surface area contributed by atoms with Gasteiger partial charge in [-0.1, -0.05) is 18.2 Å². The van der Waals surface area contributed by atoms with E-state index in [2.05, 4.69) is 26.9 Å². The monoisotopic (exact) mass is 396 g/mol. The summed E-state index contributed by atoms with van der Waals surface area (Å²) in [4.78, 5) is 24.9. The first-order valence-corrected chi connectivity index (χ1v) is 10.2. The zero-order valence-corrected chi connectivity index (χ0v) is 16.8. The standard InChI is InChI=1S/C21H28N6O2/c1-25(10-5-13-28)16-8-11-26(12-9-16)15-19-23-20-18(21(29)24-19)14-22-27(20)17-6-3-2-4-7-17/h2-4,6-7,14,16,28H,5,8-13,15H2,1H3,(H,23,24,29). The molecule has 1 saturated heterocycles. The maximum atomic E-state index is 12.5. The first kappa shape index (κ1) is 19.8. The van der Waals surface area contributed by atoms with Crippen molar-refractivity contribution in [1.29, 1.82) is 0 Å². The molecule has 0 saturated carbocycles. The Morgan fingerprint density at radius 3 is 2.72 bits per heavy atom. The van der Waals surface area contributed by atoms with Crippen molar-refractivity contribution in [3.8, 4) is 5.69 Å². The number of nitrogens with one attached hydrogen (secondary N) is 1. The largest absolute Gasteiger partial charge is 0.396 e. The first-order chi connectivity index (χ1) is 14.2. The molecule has 1 fully saturated rings. The van der Waals surface area contributed by atoms with E-state index in [1.807, 2.05) is 30.3 Å². The van der Waals surface area contributed by atoms with Crippen molar-refractivity contribution < 1.29 is 5.11 Å². The van der Waals surface area contributed by atoms with E-state index in [1.165, 1.54) is 0 Å². The molecule has 1 aliphatic heterocycles. The number of aromatic amines is 1. The molecule has 29 heavy (non-hydrogen) atoms. The van der Waals surface area contributed by atoms with E-state index in [0.29, 0.717) is 29.4 Å². The zero-order chi connectivity index (χ0) is 20.2. The second kappa shape index (κ2) is 8.86. The highest BCUT2D eigenvalue weighted by Crippen LogP contribution is 2.18. The maximum Gasteiger partial charge on any atom is 0.262 e. The number of nitrogens with zero attached hydrogens (tertiary/aromatic N) is 5. The fourth-order valence-corrected chi connectivity index (χ4v) is 4.03. The van der Waals surface area contributed by atoms with E-state index in [1.54, 1.807) is 10.9 Å². The number of piperidine rings is 1. The number of rotatable bonds is 7. The summed E-state index contributed by atoms with van der Waals surface area (Å²) in [6.07, 6.45) is 4.55. The number of para-hydroxylation sites is 1. The van der Waals surface area contributed by atoms with Crippen molar-refractivity contribution in [2.45, 2.75) is 31.8 Å². The SMILES string of the molecule is CN(CCCO)C1CCN(Cc2nc3c(cnn3-c3ccccc3)c(=O)[nH]2)CC1. The molecule has 0 spiro atoms. The van der Waals surface area contributed by atoms with Crippen LogP contribution in [0.1, 0.15) is 25.1 Å². The van der Waals surface area contributed by atoms with E-state index in [0.717, 1.165) is 44.6 Å². The highest BCUT2D eigenvalue weighted by atomic mass is 16.3. The fourth-order valence-electron chi connectivity index (χ4n) is 4.03. The van der Waals surface area contributed by atoms with Gasteiger partial charge in [-0.15, -0.1) is 0 Å². The Bertz CT molecular complexity index is 991. The number of hydrogen-bond donors (Lipinski definition) is 2. The summed E-state index contributed by atoms with van der Waals surface area (Å²) < 4.78 is 1.72. The summed E-state index contributed by atoms with van der Waals surface area (Å²) in [7, 11) is 2.13. The van der Waals surface area contributed by atoms with E-state index in [4.69, 9.17) is 10.1 Å². The summed E-state index contributed by atoms with van der Waals surface area (Å²) in [5.74, 6) is 0.673. The second-order valence-corrected chi connectivity index (χ2v) is 7.71. The number of aliphatic hydroxyl groups is 1. The van der Waals surface area contributed by atoms with Crippen LogP contribution in [0.3, 0.4) is 0 Å². The van der Waals surface area contributed by atoms with E-state index >= 15 is 0 Å². The first-order valence-electron chi connectivity index (χ1n) is 10.2. The number of aromatic nitrogens is 4. The van der Waals surface area contributed by atoms with Crippen LogP contribution in [-0.2, 0) is 6.54 Å². The molecular weight excluding hydrogens is 368 g/mol. The van der Waals surface area contributed by atoms with Crippen LogP contribution in [-0.4, -0.2) is 74.0 Å². The van der Waals surface area contributed by atoms with Crippen LogP contribution in [0.4, 0.5) is 0 Å². The van der Waals surface area contributed by atoms with Gasteiger partial charge in [-0.05, 0) is 38.4 Å². The number of H-pyrrole nitrogens is 1. The van der Waals surface area contributed by atoms with E-state index < -0.39 is 0 Å². The van der Waals surface area contributed by atoms with Crippen LogP contribution in [0.5, 0.6) is 0 Å². The average molecular weight is 396 g/mol. The molecule has 3 aromatic rings. The lowest BCUT2D eigenvalue weighted by Crippen LogP contribution is -2.43. The Balaban J connectivity index is 1.47. The molecule has 0 bridgehead atoms. The van der Waals surface area contributed by atoms with Gasteiger partial charge in [-0.2, -0.15) is 5.10 Å². The minimum absolute atomic E-state index is 0.147. The van der Waals surface area contributed by atoms with Gasteiger partial charge < -0.3 is 15.0 Å². The summed E-state index contributed by atoms with van der Waals surface area (Å²) in [5.41, 5.74) is 1.33. The number of hydrogen-bond acceptors (Lipinski definition) is 6. The minimum atomic E-state index is -0.147. The molecule has 1 aliphatic rings. The minimum Gasteiger partial charge on any atom is -0.396 e. The summed E-state index contributed by atoms with van der Waals surface area (Å²) in [6, 6.07) is 10.3. The van der Waals surface area contributed by atoms with Crippen molar-refractivity contribution in [2.24, 2.45) is 0 Å². The van der Waals surface area contributed by atoms with Crippen LogP contribution < -0.4 is 5.56 Å². The number of benzene rings is 1. The molecule has 154 valence electrons. The molecule has 1 aromatic carbocycles. The number of likely N-dealkylation sites (tertiary alicyclic amines) is 1. The van der Waals surface area contributed by atoms with Gasteiger partial charge in [-0.3, -0.25) is 9.69 Å². The molecule has 8 nitrogen and oxygen atoms in total. The fraction of sp³-hybridized carbons (Fsp3) is 0.476. The molecule has 4 rings (SSSR count). The Hall–Kier alpha value is -2.55. The summed E-state index contributed by atoms with van der Waals surface area (Å²) >= 11 is 0. The lowest BCUT2D eigenvalue weighted by atomic mass is 10.0. The highest BCUT2D eigenvalue weighted by molar-refractivity contribution is 5.75. The molecule has 3 heterocycles. The topological polar surface area (TPSA) is 90.3 Å². The Morgan fingerprint density at radius 1 is 1.24 bits per heavy atom. The molecule has 0 amide bonds. The van der Waals surface area contributed by atoms with Gasteiger partial charge in [0.25, 0.3) is 5.56 Å². The second-order valence-electron chi connectivity index (χ2n) is 7.71.